The fraction of sp³-hybridized carbons (Fsp3) is 0.650. The van der Waals surface area contributed by atoms with Crippen LogP contribution in [0, 0.1) is 5.92 Å². The van der Waals surface area contributed by atoms with Crippen molar-refractivity contribution in [3.8, 4) is 5.75 Å². The van der Waals surface area contributed by atoms with Crippen LogP contribution in [-0.2, 0) is 0 Å². The van der Waals surface area contributed by atoms with Crippen molar-refractivity contribution in [3.63, 3.8) is 0 Å². The van der Waals surface area contributed by atoms with E-state index in [1.54, 1.807) is 7.05 Å². The van der Waals surface area contributed by atoms with Gasteiger partial charge in [-0.15, -0.1) is 8.86 Å². The van der Waals surface area contributed by atoms with E-state index in [4.69, 9.17) is 4.74 Å². The summed E-state index contributed by atoms with van der Waals surface area (Å²) in [7, 11) is 5.30. The molecule has 0 spiro atoms. The topological polar surface area (TPSA) is 63.2 Å². The van der Waals surface area contributed by atoms with Gasteiger partial charge in [0.25, 0.3) is 5.91 Å². The number of ether oxygens (including phenoxy) is 1. The van der Waals surface area contributed by atoms with E-state index in [1.165, 1.54) is 12.3 Å². The minimum atomic E-state index is -4.48. The van der Waals surface area contributed by atoms with Gasteiger partial charge in [0.15, 0.2) is 6.10 Å². The monoisotopic (exact) mass is 429 g/mol. The number of aromatic nitrogens is 1. The van der Waals surface area contributed by atoms with Gasteiger partial charge in [0.1, 0.15) is 11.4 Å². The molecule has 1 aromatic rings. The minimum Gasteiger partial charge on any atom is -0.481 e. The van der Waals surface area contributed by atoms with Gasteiger partial charge in [-0.05, 0) is 58.4 Å². The van der Waals surface area contributed by atoms with Crippen molar-refractivity contribution >= 4 is 20.2 Å². The van der Waals surface area contributed by atoms with E-state index in [2.05, 4.69) is 24.5 Å². The Morgan fingerprint density at radius 2 is 2.00 bits per heavy atom. The normalized spacial score (nSPS) is 19.9. The molecule has 160 valence electrons. The van der Waals surface area contributed by atoms with E-state index in [9.17, 15) is 18.0 Å². The largest absolute Gasteiger partial charge is 0.481 e. The molecule has 2 atom stereocenters. The summed E-state index contributed by atoms with van der Waals surface area (Å²) < 4.78 is 44.2. The van der Waals surface area contributed by atoms with Crippen molar-refractivity contribution in [2.75, 3.05) is 7.05 Å². The first kappa shape index (κ1) is 22.0. The third-order valence-electron chi connectivity index (χ3n) is 5.63. The van der Waals surface area contributed by atoms with E-state index in [0.29, 0.717) is 17.9 Å². The summed E-state index contributed by atoms with van der Waals surface area (Å²) in [4.78, 5) is 17.1. The Morgan fingerprint density at radius 3 is 2.52 bits per heavy atom. The first-order valence-electron chi connectivity index (χ1n) is 9.84. The zero-order valence-electron chi connectivity index (χ0n) is 16.8. The van der Waals surface area contributed by atoms with Gasteiger partial charge in [0.05, 0.1) is 0 Å². The van der Waals surface area contributed by atoms with Crippen molar-refractivity contribution < 1.29 is 22.7 Å². The predicted octanol–water partition coefficient (Wildman–Crippen LogP) is 4.07. The van der Waals surface area contributed by atoms with Crippen LogP contribution >= 0.6 is 8.86 Å². The second kappa shape index (κ2) is 8.23. The summed E-state index contributed by atoms with van der Waals surface area (Å²) in [5, 5.41) is 6.07. The molecule has 5 nitrogen and oxygen atoms in total. The van der Waals surface area contributed by atoms with Crippen LogP contribution in [0.15, 0.2) is 12.3 Å². The molecule has 0 aromatic carbocycles. The van der Waals surface area contributed by atoms with Crippen LogP contribution in [0.2, 0.25) is 0 Å². The fourth-order valence-electron chi connectivity index (χ4n) is 3.42. The molecule has 2 aliphatic rings. The van der Waals surface area contributed by atoms with Gasteiger partial charge in [0, 0.05) is 35.2 Å². The van der Waals surface area contributed by atoms with Crippen molar-refractivity contribution in [1.29, 1.82) is 0 Å². The second-order valence-corrected chi connectivity index (χ2v) is 8.84. The van der Waals surface area contributed by atoms with Crippen LogP contribution in [0.3, 0.4) is 0 Å². The molecular formula is C20H27F3N3O2P. The highest BCUT2D eigenvalue weighted by Crippen LogP contribution is 2.45. The molecule has 1 amide bonds. The summed E-state index contributed by atoms with van der Waals surface area (Å²) in [5.74, 6) is 0.167. The Hall–Kier alpha value is -1.66. The lowest BCUT2D eigenvalue weighted by molar-refractivity contribution is -0.189. The predicted molar refractivity (Wildman–Crippen MR) is 108 cm³/mol. The van der Waals surface area contributed by atoms with Crippen LogP contribution in [0.5, 0.6) is 5.75 Å². The summed E-state index contributed by atoms with van der Waals surface area (Å²) in [6.45, 7) is 2.94. The standard InChI is InChI=1S/C20H27F3N3O2P/c1-11(20(21,22)23)28-16-8-15(25-10-14(16)12-4-5-12)18(27)26-19(2,13-6-7-13)9-17(29)24-3/h8,10-13,24,29H,4-7,9H2,1-3H3,(H,26,27)/t11-,19?/m0/s1. The van der Waals surface area contributed by atoms with E-state index in [1.807, 2.05) is 6.92 Å². The Bertz CT molecular complexity index is 794. The van der Waals surface area contributed by atoms with Gasteiger partial charge in [-0.2, -0.15) is 13.2 Å². The lowest BCUT2D eigenvalue weighted by Crippen LogP contribution is -2.50. The summed E-state index contributed by atoms with van der Waals surface area (Å²) in [5.41, 5.74) is 1.08. The van der Waals surface area contributed by atoms with Crippen LogP contribution in [-0.4, -0.2) is 41.2 Å². The van der Waals surface area contributed by atoms with Gasteiger partial charge in [-0.1, -0.05) is 0 Å². The molecule has 1 aromatic heterocycles. The van der Waals surface area contributed by atoms with E-state index < -0.39 is 23.7 Å². The zero-order chi connectivity index (χ0) is 21.4. The Labute approximate surface area is 171 Å². The molecule has 2 fully saturated rings. The number of hydrogen-bond acceptors (Lipinski definition) is 3. The van der Waals surface area contributed by atoms with Crippen LogP contribution in [0.25, 0.3) is 0 Å². The maximum absolute atomic E-state index is 13.0. The molecule has 9 heteroatoms. The van der Waals surface area contributed by atoms with Gasteiger partial charge in [0.2, 0.25) is 0 Å². The number of carbonyl (C=O) groups excluding carboxylic acids is 1. The number of hydrogen-bond donors (Lipinski definition) is 2. The average Bonchev–Trinajstić information content (AvgIpc) is 3.53. The Morgan fingerprint density at radius 1 is 1.34 bits per heavy atom. The smallest absolute Gasteiger partial charge is 0.425 e. The molecule has 2 N–H and O–H groups in total. The average molecular weight is 429 g/mol. The van der Waals surface area contributed by atoms with Crippen LogP contribution in [0.1, 0.15) is 67.9 Å². The molecule has 0 aliphatic heterocycles. The lowest BCUT2D eigenvalue weighted by Gasteiger charge is -2.31. The molecule has 0 saturated heterocycles. The highest BCUT2D eigenvalue weighted by molar-refractivity contribution is 7.20. The molecule has 2 saturated carbocycles. The Balaban J connectivity index is 1.81. The van der Waals surface area contributed by atoms with Gasteiger partial charge in [-0.3, -0.25) is 15.1 Å². The van der Waals surface area contributed by atoms with Crippen molar-refractivity contribution in [2.45, 2.75) is 69.7 Å². The maximum atomic E-state index is 13.0. The minimum absolute atomic E-state index is 0.0608. The van der Waals surface area contributed by atoms with Crippen molar-refractivity contribution in [2.24, 2.45) is 5.92 Å². The van der Waals surface area contributed by atoms with Crippen LogP contribution in [0.4, 0.5) is 13.2 Å². The number of halogens is 3. The Kier molecular flexibility index (Phi) is 6.25. The summed E-state index contributed by atoms with van der Waals surface area (Å²) in [6.07, 6.45) is -0.561. The number of nitrogens with one attached hydrogen (secondary N) is 2. The third kappa shape index (κ3) is 5.48. The first-order chi connectivity index (χ1) is 13.5. The highest BCUT2D eigenvalue weighted by atomic mass is 31.0. The number of amides is 1. The van der Waals surface area contributed by atoms with Gasteiger partial charge < -0.3 is 10.1 Å². The molecule has 0 bridgehead atoms. The SMILES string of the molecule is CNC(=P)CC(C)(NC(=O)c1cc(O[C@@H](C)C(F)(F)F)c(C2CC2)cn1)C1CC1. The lowest BCUT2D eigenvalue weighted by atomic mass is 9.91. The second-order valence-electron chi connectivity index (χ2n) is 8.23. The highest BCUT2D eigenvalue weighted by Gasteiger charge is 2.43. The molecule has 1 heterocycles. The molecule has 1 unspecified atom stereocenters. The molecular weight excluding hydrogens is 402 g/mol. The van der Waals surface area contributed by atoms with E-state index in [0.717, 1.165) is 38.0 Å². The van der Waals surface area contributed by atoms with E-state index >= 15 is 0 Å². The van der Waals surface area contributed by atoms with E-state index in [-0.39, 0.29) is 17.4 Å². The molecule has 0 radical (unpaired) electrons. The zero-order valence-corrected chi connectivity index (χ0v) is 17.8. The molecule has 29 heavy (non-hydrogen) atoms. The number of alkyl halides is 3. The quantitative estimate of drug-likeness (QED) is 0.581. The number of carbonyl (C=O) groups is 1. The van der Waals surface area contributed by atoms with Crippen molar-refractivity contribution in [1.82, 2.24) is 15.6 Å². The first-order valence-corrected chi connectivity index (χ1v) is 10.3. The molecule has 2 aliphatic carbocycles. The molecule has 3 rings (SSSR count). The maximum Gasteiger partial charge on any atom is 0.425 e. The number of nitrogens with zero attached hydrogens (tertiary/aromatic N) is 1. The number of pyridine rings is 1. The van der Waals surface area contributed by atoms with Crippen LogP contribution < -0.4 is 15.4 Å². The van der Waals surface area contributed by atoms with Crippen molar-refractivity contribution in [3.05, 3.63) is 23.5 Å². The van der Waals surface area contributed by atoms with Gasteiger partial charge >= 0.3 is 6.18 Å². The van der Waals surface area contributed by atoms with Gasteiger partial charge in [-0.25, -0.2) is 0 Å². The third-order valence-corrected chi connectivity index (χ3v) is 6.06. The number of rotatable bonds is 9. The summed E-state index contributed by atoms with van der Waals surface area (Å²) in [6, 6.07) is 1.34. The summed E-state index contributed by atoms with van der Waals surface area (Å²) >= 11 is 0. The fourth-order valence-corrected chi connectivity index (χ4v) is 3.79.